The minimum absolute atomic E-state index is 0. The summed E-state index contributed by atoms with van der Waals surface area (Å²) < 4.78 is 10.7. The van der Waals surface area contributed by atoms with Crippen molar-refractivity contribution in [3.05, 3.63) is 23.8 Å². The zero-order chi connectivity index (χ0) is 20.2. The first-order valence-electron chi connectivity index (χ1n) is 10.6. The van der Waals surface area contributed by atoms with Gasteiger partial charge in [-0.05, 0) is 63.3 Å². The van der Waals surface area contributed by atoms with E-state index < -0.39 is 0 Å². The van der Waals surface area contributed by atoms with Crippen LogP contribution in [0.15, 0.2) is 23.2 Å². The van der Waals surface area contributed by atoms with Crippen molar-refractivity contribution >= 4 is 29.9 Å². The van der Waals surface area contributed by atoms with Crippen LogP contribution in [0.1, 0.15) is 44.6 Å². The highest BCUT2D eigenvalue weighted by atomic mass is 127. The van der Waals surface area contributed by atoms with Gasteiger partial charge in [0.1, 0.15) is 0 Å². The van der Waals surface area contributed by atoms with Gasteiger partial charge in [0, 0.05) is 32.7 Å². The Kier molecular flexibility index (Phi) is 13.1. The van der Waals surface area contributed by atoms with Crippen molar-refractivity contribution in [2.45, 2.75) is 51.5 Å². The van der Waals surface area contributed by atoms with Gasteiger partial charge in [-0.1, -0.05) is 12.5 Å². The molecule has 0 aliphatic carbocycles. The van der Waals surface area contributed by atoms with Crippen molar-refractivity contribution in [3.8, 4) is 11.5 Å². The Morgan fingerprint density at radius 3 is 2.48 bits per heavy atom. The van der Waals surface area contributed by atoms with Gasteiger partial charge >= 0.3 is 0 Å². The molecule has 1 unspecified atom stereocenters. The second kappa shape index (κ2) is 14.7. The summed E-state index contributed by atoms with van der Waals surface area (Å²) >= 11 is 0. The van der Waals surface area contributed by atoms with Crippen LogP contribution in [0.25, 0.3) is 0 Å². The first-order chi connectivity index (χ1) is 13.7. The molecule has 166 valence electrons. The largest absolute Gasteiger partial charge is 0.493 e. The van der Waals surface area contributed by atoms with Gasteiger partial charge in [-0.2, -0.15) is 0 Å². The fraction of sp³-hybridized carbons (Fsp3) is 0.682. The monoisotopic (exact) mass is 518 g/mol. The number of methoxy groups -OCH3 is 2. The molecule has 1 aromatic rings. The first-order valence-corrected chi connectivity index (χ1v) is 10.6. The Bertz CT molecular complexity index is 612. The lowest BCUT2D eigenvalue weighted by molar-refractivity contribution is 0.159. The molecule has 1 heterocycles. The minimum Gasteiger partial charge on any atom is -0.493 e. The van der Waals surface area contributed by atoms with E-state index in [4.69, 9.17) is 9.47 Å². The number of nitrogens with one attached hydrogen (secondary N) is 2. The lowest BCUT2D eigenvalue weighted by Crippen LogP contribution is -2.41. The Hall–Kier alpha value is -1.22. The summed E-state index contributed by atoms with van der Waals surface area (Å²) in [6, 6.07) is 6.84. The number of nitrogens with zero attached hydrogens (tertiary/aromatic N) is 2. The Balaban J connectivity index is 0.00000420. The number of likely N-dealkylation sites (tertiary alicyclic amines) is 1. The maximum Gasteiger partial charge on any atom is 0.190 e. The second-order valence-electron chi connectivity index (χ2n) is 7.45. The molecule has 0 radical (unpaired) electrons. The van der Waals surface area contributed by atoms with E-state index in [9.17, 15) is 0 Å². The van der Waals surface area contributed by atoms with Crippen LogP contribution in [0, 0.1) is 0 Å². The summed E-state index contributed by atoms with van der Waals surface area (Å²) in [5, 5.41) is 6.84. The lowest BCUT2D eigenvalue weighted by Gasteiger charge is -2.33. The third-order valence-electron chi connectivity index (χ3n) is 5.46. The van der Waals surface area contributed by atoms with Crippen LogP contribution in [-0.4, -0.2) is 64.3 Å². The molecule has 2 N–H and O–H groups in total. The van der Waals surface area contributed by atoms with Gasteiger partial charge in [-0.15, -0.1) is 24.0 Å². The summed E-state index contributed by atoms with van der Waals surface area (Å²) in [4.78, 5) is 6.94. The van der Waals surface area contributed by atoms with Gasteiger partial charge in [0.05, 0.1) is 14.2 Å². The number of guanidine groups is 1. The van der Waals surface area contributed by atoms with Crippen molar-refractivity contribution in [1.82, 2.24) is 15.5 Å². The molecule has 2 rings (SSSR count). The van der Waals surface area contributed by atoms with Crippen LogP contribution in [0.5, 0.6) is 11.5 Å². The van der Waals surface area contributed by atoms with Crippen molar-refractivity contribution in [3.63, 3.8) is 0 Å². The molecule has 0 spiro atoms. The van der Waals surface area contributed by atoms with Gasteiger partial charge in [0.2, 0.25) is 0 Å². The normalized spacial score (nSPS) is 17.4. The molecule has 0 aromatic heterocycles. The molecule has 1 atom stereocenters. The predicted octanol–water partition coefficient (Wildman–Crippen LogP) is 3.68. The molecule has 29 heavy (non-hydrogen) atoms. The zero-order valence-corrected chi connectivity index (χ0v) is 20.8. The van der Waals surface area contributed by atoms with E-state index in [-0.39, 0.29) is 24.0 Å². The van der Waals surface area contributed by atoms with Crippen molar-refractivity contribution in [2.75, 3.05) is 47.4 Å². The Labute approximate surface area is 193 Å². The maximum absolute atomic E-state index is 5.37. The smallest absolute Gasteiger partial charge is 0.190 e. The molecule has 0 bridgehead atoms. The standard InChI is InChI=1S/C22H38N4O2.HI/c1-18-9-5-6-15-26(18)16-8-14-25-22(23-2)24-13-7-10-19-11-12-20(27-3)21(17-19)28-4;/h11-12,17-18H,5-10,13-16H2,1-4H3,(H2,23,24,25);1H. The van der Waals surface area contributed by atoms with Gasteiger partial charge in [-0.3, -0.25) is 4.99 Å². The average molecular weight is 518 g/mol. The predicted molar refractivity (Wildman–Crippen MR) is 132 cm³/mol. The third kappa shape index (κ3) is 8.99. The van der Waals surface area contributed by atoms with E-state index in [0.29, 0.717) is 0 Å². The van der Waals surface area contributed by atoms with Gasteiger partial charge in [-0.25, -0.2) is 0 Å². The van der Waals surface area contributed by atoms with Crippen LogP contribution in [0.4, 0.5) is 0 Å². The number of piperidine rings is 1. The summed E-state index contributed by atoms with van der Waals surface area (Å²) in [7, 11) is 5.16. The number of halogens is 1. The van der Waals surface area contributed by atoms with Gasteiger partial charge in [0.25, 0.3) is 0 Å². The summed E-state index contributed by atoms with van der Waals surface area (Å²) in [5.41, 5.74) is 1.25. The molecule has 1 fully saturated rings. The number of aliphatic imine (C=N–C) groups is 1. The SMILES string of the molecule is CN=C(NCCCc1ccc(OC)c(OC)c1)NCCCN1CCCCC1C.I. The van der Waals surface area contributed by atoms with Crippen molar-refractivity contribution in [2.24, 2.45) is 4.99 Å². The number of benzene rings is 1. The van der Waals surface area contributed by atoms with Crippen LogP contribution < -0.4 is 20.1 Å². The van der Waals surface area contributed by atoms with E-state index in [1.54, 1.807) is 14.2 Å². The number of rotatable bonds is 10. The van der Waals surface area contributed by atoms with Crippen LogP contribution >= 0.6 is 24.0 Å². The van der Waals surface area contributed by atoms with Crippen LogP contribution in [0.3, 0.4) is 0 Å². The minimum atomic E-state index is 0. The van der Waals surface area contributed by atoms with Crippen molar-refractivity contribution in [1.29, 1.82) is 0 Å². The third-order valence-corrected chi connectivity index (χ3v) is 5.46. The lowest BCUT2D eigenvalue weighted by atomic mass is 10.0. The van der Waals surface area contributed by atoms with E-state index in [1.807, 2.05) is 19.2 Å². The molecule has 0 amide bonds. The summed E-state index contributed by atoms with van der Waals surface area (Å²) in [6.07, 6.45) is 7.24. The van der Waals surface area contributed by atoms with Gasteiger partial charge < -0.3 is 25.0 Å². The van der Waals surface area contributed by atoms with Crippen LogP contribution in [0.2, 0.25) is 0 Å². The topological polar surface area (TPSA) is 58.1 Å². The van der Waals surface area contributed by atoms with Gasteiger partial charge in [0.15, 0.2) is 17.5 Å². The Morgan fingerprint density at radius 1 is 1.10 bits per heavy atom. The van der Waals surface area contributed by atoms with Crippen LogP contribution in [-0.2, 0) is 6.42 Å². The highest BCUT2D eigenvalue weighted by molar-refractivity contribution is 14.0. The van der Waals surface area contributed by atoms with E-state index in [2.05, 4.69) is 33.5 Å². The highest BCUT2D eigenvalue weighted by Gasteiger charge is 2.17. The number of aryl methyl sites for hydroxylation is 1. The Morgan fingerprint density at radius 2 is 1.83 bits per heavy atom. The fourth-order valence-electron chi connectivity index (χ4n) is 3.73. The molecular weight excluding hydrogens is 479 g/mol. The fourth-order valence-corrected chi connectivity index (χ4v) is 3.73. The summed E-state index contributed by atoms with van der Waals surface area (Å²) in [6.45, 7) is 6.62. The quantitative estimate of drug-likeness (QED) is 0.214. The molecule has 1 aliphatic heterocycles. The van der Waals surface area contributed by atoms with E-state index in [0.717, 1.165) is 55.9 Å². The number of hydrogen-bond donors (Lipinski definition) is 2. The highest BCUT2D eigenvalue weighted by Crippen LogP contribution is 2.27. The number of ether oxygens (including phenoxy) is 2. The summed E-state index contributed by atoms with van der Waals surface area (Å²) in [5.74, 6) is 2.44. The average Bonchev–Trinajstić information content (AvgIpc) is 2.73. The molecule has 1 aromatic carbocycles. The number of hydrogen-bond acceptors (Lipinski definition) is 4. The zero-order valence-electron chi connectivity index (χ0n) is 18.5. The molecule has 1 saturated heterocycles. The second-order valence-corrected chi connectivity index (χ2v) is 7.45. The molecule has 6 nitrogen and oxygen atoms in total. The molecule has 0 saturated carbocycles. The molecule has 1 aliphatic rings. The molecule has 7 heteroatoms. The van der Waals surface area contributed by atoms with Crippen molar-refractivity contribution < 1.29 is 9.47 Å². The van der Waals surface area contributed by atoms with E-state index >= 15 is 0 Å². The maximum atomic E-state index is 5.37. The molecular formula is C22H39IN4O2. The van der Waals surface area contributed by atoms with E-state index in [1.165, 1.54) is 37.9 Å². The first kappa shape index (κ1) is 25.8.